The number of nitrogens with one attached hydrogen (secondary N) is 1. The molecule has 0 saturated carbocycles. The molecule has 0 amide bonds. The van der Waals surface area contributed by atoms with E-state index < -0.39 is 6.36 Å². The molecule has 0 fully saturated rings. The molecule has 0 aliphatic heterocycles. The monoisotopic (exact) mass is 429 g/mol. The minimum absolute atomic E-state index is 0.104. The Kier molecular flexibility index (Phi) is 8.09. The Balaban J connectivity index is 1.81. The Morgan fingerprint density at radius 2 is 1.52 bits per heavy atom. The van der Waals surface area contributed by atoms with Crippen molar-refractivity contribution in [2.24, 2.45) is 0 Å². The summed E-state index contributed by atoms with van der Waals surface area (Å²) in [7, 11) is 0. The number of aliphatic hydroxyl groups excluding tert-OH is 1. The fraction of sp³-hybridized carbons (Fsp3) is 0.280. The van der Waals surface area contributed by atoms with Gasteiger partial charge in [0.15, 0.2) is 0 Å². The Hall–Kier alpha value is -2.83. The molecule has 0 aliphatic carbocycles. The van der Waals surface area contributed by atoms with Crippen LogP contribution < -0.4 is 10.1 Å². The molecule has 0 aromatic heterocycles. The summed E-state index contributed by atoms with van der Waals surface area (Å²) in [6.45, 7) is 1.45. The maximum Gasteiger partial charge on any atom is 0.573 e. The van der Waals surface area contributed by atoms with Crippen LogP contribution >= 0.6 is 0 Å². The van der Waals surface area contributed by atoms with Crippen molar-refractivity contribution in [1.29, 1.82) is 0 Å². The van der Waals surface area contributed by atoms with Gasteiger partial charge in [0.2, 0.25) is 0 Å². The van der Waals surface area contributed by atoms with Crippen LogP contribution in [0.1, 0.15) is 23.5 Å². The third kappa shape index (κ3) is 7.12. The van der Waals surface area contributed by atoms with Gasteiger partial charge in [-0.2, -0.15) is 0 Å². The number of rotatable bonds is 10. The van der Waals surface area contributed by atoms with Crippen LogP contribution in [0.5, 0.6) is 5.75 Å². The van der Waals surface area contributed by atoms with Gasteiger partial charge in [-0.1, -0.05) is 66.7 Å². The van der Waals surface area contributed by atoms with Gasteiger partial charge >= 0.3 is 6.36 Å². The van der Waals surface area contributed by atoms with Gasteiger partial charge in [-0.25, -0.2) is 0 Å². The predicted octanol–water partition coefficient (Wildman–Crippen LogP) is 5.55. The normalized spacial score (nSPS) is 12.5. The topological polar surface area (TPSA) is 41.5 Å². The molecule has 3 nitrogen and oxygen atoms in total. The number of benzene rings is 3. The van der Waals surface area contributed by atoms with Gasteiger partial charge in [0.05, 0.1) is 6.61 Å². The highest BCUT2D eigenvalue weighted by atomic mass is 19.4. The molecule has 1 unspecified atom stereocenters. The van der Waals surface area contributed by atoms with E-state index >= 15 is 0 Å². The average Bonchev–Trinajstić information content (AvgIpc) is 2.76. The molecule has 0 heterocycles. The van der Waals surface area contributed by atoms with Crippen LogP contribution in [0.15, 0.2) is 78.9 Å². The Bertz CT molecular complexity index is 928. The average molecular weight is 429 g/mol. The molecule has 1 atom stereocenters. The van der Waals surface area contributed by atoms with E-state index in [1.807, 2.05) is 36.4 Å². The summed E-state index contributed by atoms with van der Waals surface area (Å²) in [5, 5.41) is 12.2. The lowest BCUT2D eigenvalue weighted by atomic mass is 9.86. The Morgan fingerprint density at radius 3 is 2.19 bits per heavy atom. The quantitative estimate of drug-likeness (QED) is 0.415. The molecule has 0 radical (unpaired) electrons. The van der Waals surface area contributed by atoms with E-state index in [4.69, 9.17) is 5.11 Å². The highest BCUT2D eigenvalue weighted by Gasteiger charge is 2.31. The van der Waals surface area contributed by atoms with Crippen molar-refractivity contribution in [3.8, 4) is 16.9 Å². The number of ether oxygens (including phenoxy) is 1. The molecule has 3 aromatic rings. The summed E-state index contributed by atoms with van der Waals surface area (Å²) < 4.78 is 41.3. The van der Waals surface area contributed by atoms with Gasteiger partial charge < -0.3 is 15.2 Å². The number of hydrogen-bond donors (Lipinski definition) is 2. The lowest BCUT2D eigenvalue weighted by Gasteiger charge is -2.20. The zero-order chi connectivity index (χ0) is 22.1. The molecule has 3 rings (SSSR count). The maximum absolute atomic E-state index is 12.4. The Labute approximate surface area is 180 Å². The third-order valence-corrected chi connectivity index (χ3v) is 5.11. The van der Waals surface area contributed by atoms with Crippen molar-refractivity contribution in [1.82, 2.24) is 5.32 Å². The highest BCUT2D eigenvalue weighted by Crippen LogP contribution is 2.32. The summed E-state index contributed by atoms with van der Waals surface area (Å²) in [5.41, 5.74) is 4.20. The van der Waals surface area contributed by atoms with E-state index in [1.165, 1.54) is 17.7 Å². The van der Waals surface area contributed by atoms with Crippen LogP contribution in [0.4, 0.5) is 13.2 Å². The van der Waals surface area contributed by atoms with Crippen LogP contribution in [-0.2, 0) is 6.42 Å². The van der Waals surface area contributed by atoms with Gasteiger partial charge in [0.25, 0.3) is 0 Å². The minimum atomic E-state index is -4.70. The fourth-order valence-corrected chi connectivity index (χ4v) is 3.67. The van der Waals surface area contributed by atoms with Crippen LogP contribution in [0.2, 0.25) is 0 Å². The zero-order valence-electron chi connectivity index (χ0n) is 17.1. The van der Waals surface area contributed by atoms with Crippen LogP contribution in [0, 0.1) is 0 Å². The van der Waals surface area contributed by atoms with Crippen molar-refractivity contribution < 1.29 is 23.0 Å². The van der Waals surface area contributed by atoms with E-state index in [1.54, 1.807) is 12.1 Å². The number of alkyl halides is 3. The second-order valence-corrected chi connectivity index (χ2v) is 7.30. The standard InChI is InChI=1S/C25H26F3NO2/c26-25(27,28)31-23-12-10-20(11-13-23)24-9-5-4-8-22(24)18-21(14-15-29-16-17-30)19-6-2-1-3-7-19/h1-13,21,29-30H,14-18H2. The molecule has 0 bridgehead atoms. The first-order valence-electron chi connectivity index (χ1n) is 10.3. The molecular formula is C25H26F3NO2. The SMILES string of the molecule is OCCNCCC(Cc1ccccc1-c1ccc(OC(F)(F)F)cc1)c1ccccc1. The lowest BCUT2D eigenvalue weighted by molar-refractivity contribution is -0.274. The van der Waals surface area contributed by atoms with Gasteiger partial charge in [-0.3, -0.25) is 0 Å². The second kappa shape index (κ2) is 11.0. The first kappa shape index (κ1) is 22.8. The van der Waals surface area contributed by atoms with Crippen molar-refractivity contribution in [2.75, 3.05) is 19.7 Å². The van der Waals surface area contributed by atoms with Crippen LogP contribution in [0.25, 0.3) is 11.1 Å². The lowest BCUT2D eigenvalue weighted by Crippen LogP contribution is -2.21. The predicted molar refractivity (Wildman–Crippen MR) is 116 cm³/mol. The molecule has 31 heavy (non-hydrogen) atoms. The van der Waals surface area contributed by atoms with Crippen molar-refractivity contribution in [2.45, 2.75) is 25.1 Å². The summed E-state index contributed by atoms with van der Waals surface area (Å²) >= 11 is 0. The summed E-state index contributed by atoms with van der Waals surface area (Å²) in [6.07, 6.45) is -3.01. The van der Waals surface area contributed by atoms with Gasteiger partial charge in [0, 0.05) is 6.54 Å². The van der Waals surface area contributed by atoms with E-state index in [0.29, 0.717) is 6.54 Å². The van der Waals surface area contributed by atoms with E-state index in [2.05, 4.69) is 28.3 Å². The highest BCUT2D eigenvalue weighted by molar-refractivity contribution is 5.68. The van der Waals surface area contributed by atoms with Crippen molar-refractivity contribution in [3.63, 3.8) is 0 Å². The number of halogens is 3. The van der Waals surface area contributed by atoms with Gasteiger partial charge in [0.1, 0.15) is 5.75 Å². The van der Waals surface area contributed by atoms with E-state index in [-0.39, 0.29) is 18.3 Å². The summed E-state index contributed by atoms with van der Waals surface area (Å²) in [4.78, 5) is 0. The molecule has 3 aromatic carbocycles. The molecule has 164 valence electrons. The van der Waals surface area contributed by atoms with Crippen molar-refractivity contribution in [3.05, 3.63) is 90.0 Å². The largest absolute Gasteiger partial charge is 0.573 e. The smallest absolute Gasteiger partial charge is 0.406 e. The Morgan fingerprint density at radius 1 is 0.839 bits per heavy atom. The zero-order valence-corrected chi connectivity index (χ0v) is 17.1. The minimum Gasteiger partial charge on any atom is -0.406 e. The number of hydrogen-bond acceptors (Lipinski definition) is 3. The molecule has 0 saturated heterocycles. The molecule has 6 heteroatoms. The van der Waals surface area contributed by atoms with E-state index in [0.717, 1.165) is 36.1 Å². The fourth-order valence-electron chi connectivity index (χ4n) is 3.67. The first-order valence-corrected chi connectivity index (χ1v) is 10.3. The van der Waals surface area contributed by atoms with Gasteiger partial charge in [-0.15, -0.1) is 13.2 Å². The summed E-state index contributed by atoms with van der Waals surface area (Å²) in [6, 6.07) is 24.2. The second-order valence-electron chi connectivity index (χ2n) is 7.30. The first-order chi connectivity index (χ1) is 15.0. The molecule has 0 aliphatic rings. The van der Waals surface area contributed by atoms with Gasteiger partial charge in [-0.05, 0) is 59.7 Å². The van der Waals surface area contributed by atoms with Crippen LogP contribution in [0.3, 0.4) is 0 Å². The molecule has 2 N–H and O–H groups in total. The third-order valence-electron chi connectivity index (χ3n) is 5.11. The van der Waals surface area contributed by atoms with E-state index in [9.17, 15) is 13.2 Å². The summed E-state index contributed by atoms with van der Waals surface area (Å²) in [5.74, 6) is 0.0345. The maximum atomic E-state index is 12.4. The van der Waals surface area contributed by atoms with Crippen molar-refractivity contribution >= 4 is 0 Å². The number of aliphatic hydroxyl groups is 1. The van der Waals surface area contributed by atoms with Crippen LogP contribution in [-0.4, -0.2) is 31.2 Å². The molecular weight excluding hydrogens is 403 g/mol. The molecule has 0 spiro atoms.